The third kappa shape index (κ3) is 6.79. The van der Waals surface area contributed by atoms with Gasteiger partial charge in [-0.1, -0.05) is 94.4 Å². The van der Waals surface area contributed by atoms with E-state index in [-0.39, 0.29) is 0 Å². The van der Waals surface area contributed by atoms with Crippen LogP contribution in [0.3, 0.4) is 0 Å². The van der Waals surface area contributed by atoms with Gasteiger partial charge < -0.3 is 10.2 Å². The molecule has 0 spiro atoms. The SMILES string of the molecule is CCCCNc1nc(N(CCCC)c2nc3ccccc3s2)cc(C)c1N=Nc1c(C#N)c(C(C)(C)C)nn1-c1nc2ccccc2s1. The first-order chi connectivity index (χ1) is 23.2. The molecule has 6 rings (SSSR count). The number of aryl methyl sites for hydroxylation is 1. The van der Waals surface area contributed by atoms with Gasteiger partial charge in [0.15, 0.2) is 16.8 Å². The van der Waals surface area contributed by atoms with Crippen LogP contribution in [-0.4, -0.2) is 37.8 Å². The third-order valence-corrected chi connectivity index (χ3v) is 9.98. The highest BCUT2D eigenvalue weighted by atomic mass is 32.1. The Labute approximate surface area is 289 Å². The van der Waals surface area contributed by atoms with Gasteiger partial charge in [-0.25, -0.2) is 15.0 Å². The van der Waals surface area contributed by atoms with Crippen LogP contribution in [0.2, 0.25) is 0 Å². The van der Waals surface area contributed by atoms with Crippen molar-refractivity contribution < 1.29 is 0 Å². The molecule has 4 aromatic heterocycles. The summed E-state index contributed by atoms with van der Waals surface area (Å²) in [6.07, 6.45) is 4.07. The molecule has 0 radical (unpaired) electrons. The van der Waals surface area contributed by atoms with Crippen LogP contribution in [0.5, 0.6) is 0 Å². The molecule has 0 aliphatic heterocycles. The Hall–Kier alpha value is -4.73. The van der Waals surface area contributed by atoms with E-state index in [1.807, 2.05) is 70.2 Å². The van der Waals surface area contributed by atoms with Gasteiger partial charge >= 0.3 is 0 Å². The predicted molar refractivity (Wildman–Crippen MR) is 198 cm³/mol. The molecule has 0 atom stereocenters. The standard InChI is InChI=1S/C36H40N10S2/c1-7-9-19-38-32-30(23(3)21-29(41-32)45(20-10-8-2)34-39-25-15-11-13-17-27(25)47-34)42-43-33-24(22-37)31(36(4,5)6)44-46(33)35-40-26-16-12-14-18-28(26)48-35/h11-18,21H,7-10,19-20H2,1-6H3,(H,38,41). The van der Waals surface area contributed by atoms with Crippen molar-refractivity contribution >= 4 is 71.4 Å². The van der Waals surface area contributed by atoms with Crippen molar-refractivity contribution in [2.75, 3.05) is 23.3 Å². The highest BCUT2D eigenvalue weighted by Crippen LogP contribution is 2.40. The Kier molecular flexibility index (Phi) is 9.80. The molecule has 0 amide bonds. The topological polar surface area (TPSA) is 120 Å². The van der Waals surface area contributed by atoms with Crippen LogP contribution in [-0.2, 0) is 5.41 Å². The summed E-state index contributed by atoms with van der Waals surface area (Å²) in [7, 11) is 0. The largest absolute Gasteiger partial charge is 0.368 e. The van der Waals surface area contributed by atoms with E-state index in [4.69, 9.17) is 30.3 Å². The van der Waals surface area contributed by atoms with Gasteiger partial charge in [-0.2, -0.15) is 15.0 Å². The Bertz CT molecular complexity index is 2060. The number of para-hydroxylation sites is 2. The Balaban J connectivity index is 1.47. The van der Waals surface area contributed by atoms with Crippen molar-refractivity contribution in [3.8, 4) is 11.2 Å². The van der Waals surface area contributed by atoms with E-state index < -0.39 is 5.41 Å². The molecule has 246 valence electrons. The number of fused-ring (bicyclic) bond motifs is 2. The van der Waals surface area contributed by atoms with E-state index in [0.29, 0.717) is 33.7 Å². The molecular weight excluding hydrogens is 637 g/mol. The van der Waals surface area contributed by atoms with Crippen LogP contribution in [0, 0.1) is 18.3 Å². The van der Waals surface area contributed by atoms with Gasteiger partial charge in [-0.05, 0) is 55.7 Å². The maximum absolute atomic E-state index is 10.4. The molecule has 4 heterocycles. The molecule has 10 nitrogen and oxygen atoms in total. The molecule has 0 unspecified atom stereocenters. The number of thiazole rings is 2. The normalized spacial score (nSPS) is 11.9. The Morgan fingerprint density at radius 2 is 1.60 bits per heavy atom. The van der Waals surface area contributed by atoms with E-state index in [1.54, 1.807) is 16.0 Å². The number of azo groups is 1. The molecule has 0 fully saturated rings. The van der Waals surface area contributed by atoms with Crippen LogP contribution in [0.15, 0.2) is 64.8 Å². The summed E-state index contributed by atoms with van der Waals surface area (Å²) in [6.45, 7) is 14.0. The number of hydrogen-bond acceptors (Lipinski definition) is 11. The lowest BCUT2D eigenvalue weighted by Gasteiger charge is -2.23. The first kappa shape index (κ1) is 33.2. The molecule has 0 aliphatic rings. The maximum atomic E-state index is 10.4. The van der Waals surface area contributed by atoms with Crippen LogP contribution in [0.4, 0.5) is 28.3 Å². The summed E-state index contributed by atoms with van der Waals surface area (Å²) >= 11 is 3.18. The van der Waals surface area contributed by atoms with E-state index in [9.17, 15) is 5.26 Å². The number of benzene rings is 2. The smallest absolute Gasteiger partial charge is 0.213 e. The molecule has 2 aromatic carbocycles. The maximum Gasteiger partial charge on any atom is 0.213 e. The fourth-order valence-electron chi connectivity index (χ4n) is 5.33. The minimum atomic E-state index is -0.397. The molecule has 0 aliphatic carbocycles. The zero-order chi connectivity index (χ0) is 33.8. The number of nitrogens with zero attached hydrogens (tertiary/aromatic N) is 9. The van der Waals surface area contributed by atoms with Gasteiger partial charge in [0.1, 0.15) is 23.1 Å². The minimum Gasteiger partial charge on any atom is -0.368 e. The predicted octanol–water partition coefficient (Wildman–Crippen LogP) is 10.5. The van der Waals surface area contributed by atoms with Crippen LogP contribution in [0.1, 0.15) is 77.1 Å². The molecule has 0 saturated carbocycles. The Morgan fingerprint density at radius 1 is 0.917 bits per heavy atom. The summed E-state index contributed by atoms with van der Waals surface area (Å²) < 4.78 is 3.83. The number of hydrogen-bond donors (Lipinski definition) is 1. The summed E-state index contributed by atoms with van der Waals surface area (Å²) in [5.74, 6) is 1.80. The van der Waals surface area contributed by atoms with E-state index in [0.717, 1.165) is 75.7 Å². The van der Waals surface area contributed by atoms with Crippen LogP contribution < -0.4 is 10.2 Å². The monoisotopic (exact) mass is 676 g/mol. The second-order valence-electron chi connectivity index (χ2n) is 12.7. The summed E-state index contributed by atoms with van der Waals surface area (Å²) in [6, 6.07) is 20.6. The third-order valence-electron chi connectivity index (χ3n) is 7.91. The second kappa shape index (κ2) is 14.2. The average molecular weight is 677 g/mol. The number of pyridine rings is 1. The fourth-order valence-corrected chi connectivity index (χ4v) is 7.25. The van der Waals surface area contributed by atoms with E-state index in [1.165, 1.54) is 11.3 Å². The second-order valence-corrected chi connectivity index (χ2v) is 14.7. The summed E-state index contributed by atoms with van der Waals surface area (Å²) in [5.41, 5.74) is 4.01. The fraction of sp³-hybridized carbons (Fsp3) is 0.361. The first-order valence-corrected chi connectivity index (χ1v) is 18.0. The van der Waals surface area contributed by atoms with E-state index >= 15 is 0 Å². The lowest BCUT2D eigenvalue weighted by molar-refractivity contribution is 0.559. The highest BCUT2D eigenvalue weighted by Gasteiger charge is 2.29. The molecule has 0 bridgehead atoms. The van der Waals surface area contributed by atoms with Gasteiger partial charge in [-0.3, -0.25) is 0 Å². The number of rotatable bonds is 12. The number of nitrogens with one attached hydrogen (secondary N) is 1. The van der Waals surface area contributed by atoms with Crippen molar-refractivity contribution in [1.82, 2.24) is 24.7 Å². The van der Waals surface area contributed by atoms with Gasteiger partial charge in [0.05, 0.1) is 26.1 Å². The lowest BCUT2D eigenvalue weighted by Crippen LogP contribution is -2.20. The quantitative estimate of drug-likeness (QED) is 0.101. The number of aromatic nitrogens is 5. The van der Waals surface area contributed by atoms with Gasteiger partial charge in [0, 0.05) is 18.5 Å². The lowest BCUT2D eigenvalue weighted by atomic mass is 9.90. The van der Waals surface area contributed by atoms with Crippen LogP contribution in [0.25, 0.3) is 25.6 Å². The van der Waals surface area contributed by atoms with Crippen molar-refractivity contribution in [3.63, 3.8) is 0 Å². The molecule has 48 heavy (non-hydrogen) atoms. The van der Waals surface area contributed by atoms with E-state index in [2.05, 4.69) is 42.3 Å². The summed E-state index contributed by atoms with van der Waals surface area (Å²) in [4.78, 5) is 17.1. The number of nitriles is 1. The highest BCUT2D eigenvalue weighted by molar-refractivity contribution is 7.22. The average Bonchev–Trinajstić information content (AvgIpc) is 3.79. The van der Waals surface area contributed by atoms with Crippen molar-refractivity contribution in [1.29, 1.82) is 5.26 Å². The molecule has 12 heteroatoms. The summed E-state index contributed by atoms with van der Waals surface area (Å²) in [5, 5.41) is 29.9. The molecule has 6 aromatic rings. The van der Waals surface area contributed by atoms with Crippen LogP contribution >= 0.6 is 22.7 Å². The zero-order valence-corrected chi connectivity index (χ0v) is 29.9. The molecule has 0 saturated heterocycles. The first-order valence-electron chi connectivity index (χ1n) is 16.4. The minimum absolute atomic E-state index is 0.350. The van der Waals surface area contributed by atoms with Gasteiger partial charge in [0.25, 0.3) is 0 Å². The van der Waals surface area contributed by atoms with Crippen molar-refractivity contribution in [2.45, 2.75) is 72.6 Å². The molecule has 1 N–H and O–H groups in total. The number of unbranched alkanes of at least 4 members (excludes halogenated alkanes) is 2. The molecular formula is C36H40N10S2. The number of anilines is 3. The van der Waals surface area contributed by atoms with Crippen molar-refractivity contribution in [2.24, 2.45) is 10.2 Å². The Morgan fingerprint density at radius 3 is 2.25 bits per heavy atom. The van der Waals surface area contributed by atoms with Crippen molar-refractivity contribution in [3.05, 3.63) is 71.4 Å². The van der Waals surface area contributed by atoms with Gasteiger partial charge in [-0.15, -0.1) is 10.2 Å². The zero-order valence-electron chi connectivity index (χ0n) is 28.3. The van der Waals surface area contributed by atoms with Gasteiger partial charge in [0.2, 0.25) is 5.13 Å².